The summed E-state index contributed by atoms with van der Waals surface area (Å²) in [5.41, 5.74) is 1.25. The van der Waals surface area contributed by atoms with Gasteiger partial charge in [0.2, 0.25) is 0 Å². The minimum absolute atomic E-state index is 0.373. The minimum Gasteiger partial charge on any atom is -0.310 e. The molecule has 4 heteroatoms. The molecule has 0 radical (unpaired) electrons. The van der Waals surface area contributed by atoms with Gasteiger partial charge in [0.05, 0.1) is 12.7 Å². The smallest absolute Gasteiger partial charge is 0.0752 e. The zero-order valence-electron chi connectivity index (χ0n) is 11.3. The number of hydrogen-bond donors (Lipinski definition) is 1. The molecule has 1 N–H and O–H groups in total. The first-order valence-corrected chi connectivity index (χ1v) is 7.37. The van der Waals surface area contributed by atoms with E-state index in [1.165, 1.54) is 15.3 Å². The lowest BCUT2D eigenvalue weighted by Crippen LogP contribution is -2.17. The molecular weight excluding hydrogens is 242 g/mol. The van der Waals surface area contributed by atoms with Crippen LogP contribution in [0.25, 0.3) is 0 Å². The van der Waals surface area contributed by atoms with E-state index in [9.17, 15) is 0 Å². The van der Waals surface area contributed by atoms with E-state index in [-0.39, 0.29) is 0 Å². The third-order valence-electron chi connectivity index (χ3n) is 3.05. The maximum atomic E-state index is 4.43. The molecule has 2 aromatic rings. The molecule has 0 bridgehead atoms. The van der Waals surface area contributed by atoms with Gasteiger partial charge in [-0.2, -0.15) is 5.10 Å². The van der Waals surface area contributed by atoms with Gasteiger partial charge in [-0.3, -0.25) is 4.68 Å². The number of aromatic nitrogens is 2. The highest BCUT2D eigenvalue weighted by Crippen LogP contribution is 2.18. The zero-order chi connectivity index (χ0) is 13.0. The number of thiophene rings is 1. The van der Waals surface area contributed by atoms with Crippen LogP contribution in [0.1, 0.15) is 42.1 Å². The van der Waals surface area contributed by atoms with Crippen molar-refractivity contribution in [3.63, 3.8) is 0 Å². The van der Waals surface area contributed by atoms with Crippen molar-refractivity contribution in [1.29, 1.82) is 0 Å². The molecule has 0 aliphatic carbocycles. The quantitative estimate of drug-likeness (QED) is 0.867. The van der Waals surface area contributed by atoms with Crippen molar-refractivity contribution in [3.05, 3.63) is 39.8 Å². The summed E-state index contributed by atoms with van der Waals surface area (Å²) in [5, 5.41) is 7.83. The third kappa shape index (κ3) is 3.21. The number of aryl methyl sites for hydroxylation is 1. The fourth-order valence-corrected chi connectivity index (χ4v) is 2.92. The van der Waals surface area contributed by atoms with E-state index in [0.717, 1.165) is 19.5 Å². The second-order valence-corrected chi connectivity index (χ2v) is 5.73. The van der Waals surface area contributed by atoms with E-state index < -0.39 is 0 Å². The summed E-state index contributed by atoms with van der Waals surface area (Å²) in [6.45, 7) is 8.35. The zero-order valence-corrected chi connectivity index (χ0v) is 12.1. The van der Waals surface area contributed by atoms with Gasteiger partial charge in [-0.25, -0.2) is 0 Å². The minimum atomic E-state index is 0.373. The van der Waals surface area contributed by atoms with Gasteiger partial charge in [-0.1, -0.05) is 13.8 Å². The Bertz CT molecular complexity index is 487. The standard InChI is InChI=1S/C14H21N3S/c1-4-13-6-7-14(18-13)10-17-9-12(8-16-17)11(3)15-5-2/h6-9,11,15H,4-5,10H2,1-3H3. The van der Waals surface area contributed by atoms with Crippen LogP contribution in [-0.2, 0) is 13.0 Å². The van der Waals surface area contributed by atoms with Crippen LogP contribution < -0.4 is 5.32 Å². The number of nitrogens with one attached hydrogen (secondary N) is 1. The summed E-state index contributed by atoms with van der Waals surface area (Å²) in [6.07, 6.45) is 5.22. The van der Waals surface area contributed by atoms with Crippen molar-refractivity contribution < 1.29 is 0 Å². The largest absolute Gasteiger partial charge is 0.310 e. The third-order valence-corrected chi connectivity index (χ3v) is 4.26. The summed E-state index contributed by atoms with van der Waals surface area (Å²) in [6, 6.07) is 4.79. The van der Waals surface area contributed by atoms with Crippen LogP contribution in [0.5, 0.6) is 0 Å². The number of rotatable bonds is 6. The summed E-state index contributed by atoms with van der Waals surface area (Å²) < 4.78 is 2.02. The Morgan fingerprint density at radius 2 is 2.11 bits per heavy atom. The average Bonchev–Trinajstić information content (AvgIpc) is 2.99. The lowest BCUT2D eigenvalue weighted by atomic mass is 10.2. The molecule has 0 fully saturated rings. The Hall–Kier alpha value is -1.13. The predicted octanol–water partition coefficient (Wildman–Crippen LogP) is 3.23. The Morgan fingerprint density at radius 1 is 1.33 bits per heavy atom. The van der Waals surface area contributed by atoms with Gasteiger partial charge in [0.25, 0.3) is 0 Å². The van der Waals surface area contributed by atoms with Crippen LogP contribution in [0.3, 0.4) is 0 Å². The van der Waals surface area contributed by atoms with Crippen molar-refractivity contribution >= 4 is 11.3 Å². The molecule has 2 heterocycles. The summed E-state index contributed by atoms with van der Waals surface area (Å²) >= 11 is 1.88. The maximum Gasteiger partial charge on any atom is 0.0752 e. The molecule has 1 atom stereocenters. The highest BCUT2D eigenvalue weighted by molar-refractivity contribution is 7.11. The van der Waals surface area contributed by atoms with E-state index in [1.807, 2.05) is 22.2 Å². The molecule has 18 heavy (non-hydrogen) atoms. The van der Waals surface area contributed by atoms with Gasteiger partial charge in [0.1, 0.15) is 0 Å². The predicted molar refractivity (Wildman–Crippen MR) is 77.1 cm³/mol. The Kier molecular flexibility index (Phi) is 4.55. The molecule has 2 aromatic heterocycles. The van der Waals surface area contributed by atoms with E-state index in [1.54, 1.807) is 0 Å². The first-order chi connectivity index (χ1) is 8.72. The number of nitrogens with zero attached hydrogens (tertiary/aromatic N) is 2. The molecule has 3 nitrogen and oxygen atoms in total. The molecule has 0 aliphatic heterocycles. The van der Waals surface area contributed by atoms with Crippen molar-refractivity contribution in [1.82, 2.24) is 15.1 Å². The summed E-state index contributed by atoms with van der Waals surface area (Å²) in [5.74, 6) is 0. The van der Waals surface area contributed by atoms with Gasteiger partial charge in [-0.15, -0.1) is 11.3 Å². The number of hydrogen-bond acceptors (Lipinski definition) is 3. The van der Waals surface area contributed by atoms with E-state index in [2.05, 4.69) is 49.5 Å². The van der Waals surface area contributed by atoms with E-state index >= 15 is 0 Å². The highest BCUT2D eigenvalue weighted by atomic mass is 32.1. The monoisotopic (exact) mass is 263 g/mol. The topological polar surface area (TPSA) is 29.9 Å². The Balaban J connectivity index is 2.01. The van der Waals surface area contributed by atoms with Crippen LogP contribution in [0, 0.1) is 0 Å². The fourth-order valence-electron chi connectivity index (χ4n) is 1.97. The Labute approximate surface area is 113 Å². The van der Waals surface area contributed by atoms with E-state index in [0.29, 0.717) is 6.04 Å². The second-order valence-electron chi connectivity index (χ2n) is 4.47. The fraction of sp³-hybridized carbons (Fsp3) is 0.500. The second kappa shape index (κ2) is 6.16. The normalized spacial score (nSPS) is 12.8. The molecule has 0 aromatic carbocycles. The van der Waals surface area contributed by atoms with Gasteiger partial charge in [0.15, 0.2) is 0 Å². The molecule has 0 aliphatic rings. The van der Waals surface area contributed by atoms with Crippen LogP contribution >= 0.6 is 11.3 Å². The average molecular weight is 263 g/mol. The van der Waals surface area contributed by atoms with E-state index in [4.69, 9.17) is 0 Å². The van der Waals surface area contributed by atoms with Crippen molar-refractivity contribution in [3.8, 4) is 0 Å². The molecule has 2 rings (SSSR count). The lowest BCUT2D eigenvalue weighted by Gasteiger charge is -2.08. The first kappa shape index (κ1) is 13.3. The van der Waals surface area contributed by atoms with Gasteiger partial charge < -0.3 is 5.32 Å². The summed E-state index contributed by atoms with van der Waals surface area (Å²) in [4.78, 5) is 2.82. The van der Waals surface area contributed by atoms with Gasteiger partial charge >= 0.3 is 0 Å². The molecular formula is C14H21N3S. The maximum absolute atomic E-state index is 4.43. The van der Waals surface area contributed by atoms with Crippen LogP contribution in [0.2, 0.25) is 0 Å². The van der Waals surface area contributed by atoms with Crippen molar-refractivity contribution in [2.45, 2.75) is 39.8 Å². The van der Waals surface area contributed by atoms with Gasteiger partial charge in [0, 0.05) is 27.6 Å². The van der Waals surface area contributed by atoms with Crippen LogP contribution in [0.4, 0.5) is 0 Å². The first-order valence-electron chi connectivity index (χ1n) is 6.56. The molecule has 0 amide bonds. The molecule has 1 unspecified atom stereocenters. The Morgan fingerprint density at radius 3 is 2.78 bits per heavy atom. The lowest BCUT2D eigenvalue weighted by molar-refractivity contribution is 0.596. The molecule has 0 spiro atoms. The molecule has 98 valence electrons. The van der Waals surface area contributed by atoms with Crippen molar-refractivity contribution in [2.24, 2.45) is 0 Å². The molecule has 0 saturated heterocycles. The van der Waals surface area contributed by atoms with Gasteiger partial charge in [-0.05, 0) is 32.0 Å². The highest BCUT2D eigenvalue weighted by Gasteiger charge is 2.07. The van der Waals surface area contributed by atoms with Crippen molar-refractivity contribution in [2.75, 3.05) is 6.54 Å². The SMILES string of the molecule is CCNC(C)c1cnn(Cc2ccc(CC)s2)c1. The summed E-state index contributed by atoms with van der Waals surface area (Å²) in [7, 11) is 0. The molecule has 0 saturated carbocycles. The van der Waals surface area contributed by atoms with Crippen LogP contribution in [0.15, 0.2) is 24.5 Å². The van der Waals surface area contributed by atoms with Crippen LogP contribution in [-0.4, -0.2) is 16.3 Å².